The second-order valence-corrected chi connectivity index (χ2v) is 20.9. The first-order valence-corrected chi connectivity index (χ1v) is 23.9. The van der Waals surface area contributed by atoms with E-state index in [0.717, 1.165) is 78.0 Å². The lowest BCUT2D eigenvalue weighted by atomic mass is 9.44. The van der Waals surface area contributed by atoms with Crippen molar-refractivity contribution in [3.8, 4) is 11.1 Å². The van der Waals surface area contributed by atoms with Crippen LogP contribution in [0.5, 0.6) is 0 Å². The molecule has 2 aliphatic rings. The van der Waals surface area contributed by atoms with Crippen molar-refractivity contribution in [3.63, 3.8) is 0 Å². The molecular weight excluding hydrogens is 830 g/mol. The van der Waals surface area contributed by atoms with Crippen molar-refractivity contribution < 1.29 is 8.83 Å². The van der Waals surface area contributed by atoms with Crippen LogP contribution >= 0.6 is 0 Å². The van der Waals surface area contributed by atoms with Gasteiger partial charge in [-0.15, -0.1) is 0 Å². The summed E-state index contributed by atoms with van der Waals surface area (Å²) in [5, 5.41) is 7.04. The molecule has 0 aliphatic carbocycles. The molecule has 3 aromatic heterocycles. The van der Waals surface area contributed by atoms with Crippen LogP contribution in [0.25, 0.3) is 76.8 Å². The number of furan rings is 2. The molecule has 0 fully saturated rings. The van der Waals surface area contributed by atoms with Crippen molar-refractivity contribution in [1.29, 1.82) is 0 Å². The molecule has 68 heavy (non-hydrogen) atoms. The number of nitrogens with zero attached hydrogens (tertiary/aromatic N) is 3. The molecule has 12 aromatic rings. The molecule has 2 aliphatic heterocycles. The lowest BCUT2D eigenvalue weighted by molar-refractivity contribution is 0.590. The van der Waals surface area contributed by atoms with E-state index in [1.807, 2.05) is 0 Å². The highest BCUT2D eigenvalue weighted by atomic mass is 16.3. The van der Waals surface area contributed by atoms with Gasteiger partial charge < -0.3 is 23.1 Å². The second-order valence-electron chi connectivity index (χ2n) is 20.9. The normalized spacial score (nSPS) is 13.4. The molecule has 0 N–H and O–H groups in total. The Labute approximate surface area is 395 Å². The van der Waals surface area contributed by atoms with E-state index >= 15 is 0 Å². The molecule has 0 amide bonds. The molecule has 0 radical (unpaired) electrons. The van der Waals surface area contributed by atoms with E-state index in [9.17, 15) is 0 Å². The summed E-state index contributed by atoms with van der Waals surface area (Å²) in [5.41, 5.74) is 19.8. The highest BCUT2D eigenvalue weighted by molar-refractivity contribution is 6.90. The average Bonchev–Trinajstić information content (AvgIpc) is 4.02. The Kier molecular flexibility index (Phi) is 7.96. The SMILES string of the molecule is CC(C)(C)c1ccc2c(c1)c1cc(C(C)(C)C)cc3c1n2B1c2ccc(N(c4ccccc4)c4ccccc4)cc2N(c2cccc4c2oc2ccccc24)c2cc4oc5ccccc5c4c-3c21. The highest BCUT2D eigenvalue weighted by Gasteiger charge is 2.45. The molecule has 0 atom stereocenters. The van der Waals surface area contributed by atoms with Crippen LogP contribution in [0.15, 0.2) is 191 Å². The minimum absolute atomic E-state index is 0.0271. The highest BCUT2D eigenvalue weighted by Crippen LogP contribution is 2.53. The molecular formula is C62H48BN3O2. The third kappa shape index (κ3) is 5.46. The van der Waals surface area contributed by atoms with Gasteiger partial charge in [-0.3, -0.25) is 0 Å². The molecule has 6 heteroatoms. The summed E-state index contributed by atoms with van der Waals surface area (Å²) >= 11 is 0. The maximum atomic E-state index is 7.03. The molecule has 0 saturated carbocycles. The number of anilines is 6. The van der Waals surface area contributed by atoms with Crippen molar-refractivity contribution in [1.82, 2.24) is 4.48 Å². The molecule has 0 spiro atoms. The quantitative estimate of drug-likeness (QED) is 0.165. The van der Waals surface area contributed by atoms with E-state index in [1.165, 1.54) is 55.0 Å². The number of hydrogen-bond donors (Lipinski definition) is 0. The largest absolute Gasteiger partial charge is 0.456 e. The molecule has 9 aromatic carbocycles. The molecule has 0 bridgehead atoms. The van der Waals surface area contributed by atoms with Gasteiger partial charge in [0.05, 0.1) is 5.69 Å². The summed E-state index contributed by atoms with van der Waals surface area (Å²) in [7, 11) is 0. The van der Waals surface area contributed by atoms with Gasteiger partial charge in [-0.05, 0) is 117 Å². The fourth-order valence-electron chi connectivity index (χ4n) is 11.6. The van der Waals surface area contributed by atoms with Crippen LogP contribution < -0.4 is 20.7 Å². The first-order valence-electron chi connectivity index (χ1n) is 23.9. The Bertz CT molecular complexity index is 4030. The predicted octanol–water partition coefficient (Wildman–Crippen LogP) is 16.1. The van der Waals surface area contributed by atoms with E-state index in [2.05, 4.69) is 238 Å². The third-order valence-electron chi connectivity index (χ3n) is 14.8. The van der Waals surface area contributed by atoms with Crippen molar-refractivity contribution in [2.45, 2.75) is 52.4 Å². The Balaban J connectivity index is 1.18. The Morgan fingerprint density at radius 2 is 1.10 bits per heavy atom. The van der Waals surface area contributed by atoms with Crippen LogP contribution in [0.2, 0.25) is 0 Å². The van der Waals surface area contributed by atoms with Gasteiger partial charge in [0, 0.05) is 83.4 Å². The lowest BCUT2D eigenvalue weighted by Gasteiger charge is -2.41. The minimum atomic E-state index is -0.177. The third-order valence-corrected chi connectivity index (χ3v) is 14.8. The standard InChI is InChI=1S/C62H48BN3O2/c1-61(2,3)37-28-31-49-45(32-37)46-33-38(62(4,5)6)34-47-57-56-44-23-14-16-27-54(44)67-55(56)36-52-58(57)63(66(49)59(46)47)48-30-29-41(64(39-18-9-7-10-19-39)40-20-11-8-12-21-40)35-51(48)65(52)50-25-17-24-43-42-22-13-15-26-53(42)68-60(43)50/h7-36H,1-6H3. The zero-order chi connectivity index (χ0) is 45.8. The molecule has 0 unspecified atom stereocenters. The monoisotopic (exact) mass is 877 g/mol. The Morgan fingerprint density at radius 3 is 1.82 bits per heavy atom. The van der Waals surface area contributed by atoms with E-state index < -0.39 is 0 Å². The summed E-state index contributed by atoms with van der Waals surface area (Å²) in [6.45, 7) is 13.8. The van der Waals surface area contributed by atoms with Crippen LogP contribution in [-0.4, -0.2) is 11.3 Å². The van der Waals surface area contributed by atoms with Gasteiger partial charge in [-0.2, -0.15) is 0 Å². The van der Waals surface area contributed by atoms with Crippen LogP contribution in [0, 0.1) is 0 Å². The number of hydrogen-bond acceptors (Lipinski definition) is 4. The number of aromatic nitrogens is 1. The fourth-order valence-corrected chi connectivity index (χ4v) is 11.6. The first kappa shape index (κ1) is 39.2. The maximum Gasteiger partial charge on any atom is 0.333 e. The van der Waals surface area contributed by atoms with E-state index in [4.69, 9.17) is 8.83 Å². The van der Waals surface area contributed by atoms with Gasteiger partial charge in [-0.25, -0.2) is 0 Å². The van der Waals surface area contributed by atoms with Crippen molar-refractivity contribution in [2.24, 2.45) is 0 Å². The minimum Gasteiger partial charge on any atom is -0.456 e. The van der Waals surface area contributed by atoms with Gasteiger partial charge >= 0.3 is 6.85 Å². The zero-order valence-electron chi connectivity index (χ0n) is 39.1. The van der Waals surface area contributed by atoms with Gasteiger partial charge in [0.2, 0.25) is 0 Å². The van der Waals surface area contributed by atoms with Gasteiger partial charge in [0.15, 0.2) is 5.58 Å². The molecule has 5 nitrogen and oxygen atoms in total. The van der Waals surface area contributed by atoms with Gasteiger partial charge in [0.25, 0.3) is 0 Å². The van der Waals surface area contributed by atoms with Crippen LogP contribution in [0.3, 0.4) is 0 Å². The van der Waals surface area contributed by atoms with Gasteiger partial charge in [0.1, 0.15) is 16.7 Å². The smallest absolute Gasteiger partial charge is 0.333 e. The zero-order valence-corrected chi connectivity index (χ0v) is 39.1. The van der Waals surface area contributed by atoms with Crippen LogP contribution in [-0.2, 0) is 10.8 Å². The number of fused-ring (bicyclic) bond motifs is 14. The van der Waals surface area contributed by atoms with Crippen molar-refractivity contribution >= 4 is 118 Å². The maximum absolute atomic E-state index is 7.03. The number of rotatable bonds is 4. The molecule has 326 valence electrons. The summed E-state index contributed by atoms with van der Waals surface area (Å²) in [5.74, 6) is 0. The molecule has 5 heterocycles. The Hall–Kier alpha value is -7.96. The van der Waals surface area contributed by atoms with Crippen molar-refractivity contribution in [3.05, 3.63) is 193 Å². The number of para-hydroxylation sites is 5. The van der Waals surface area contributed by atoms with Gasteiger partial charge in [-0.1, -0.05) is 139 Å². The second kappa shape index (κ2) is 13.8. The summed E-state index contributed by atoms with van der Waals surface area (Å²) in [6.07, 6.45) is 0. The first-order chi connectivity index (χ1) is 33.0. The van der Waals surface area contributed by atoms with E-state index in [0.29, 0.717) is 0 Å². The van der Waals surface area contributed by atoms with Crippen LogP contribution in [0.1, 0.15) is 52.7 Å². The summed E-state index contributed by atoms with van der Waals surface area (Å²) in [4.78, 5) is 4.85. The predicted molar refractivity (Wildman–Crippen MR) is 287 cm³/mol. The summed E-state index contributed by atoms with van der Waals surface area (Å²) in [6, 6.07) is 66.7. The van der Waals surface area contributed by atoms with Crippen LogP contribution in [0.4, 0.5) is 34.1 Å². The number of benzene rings is 9. The lowest BCUT2D eigenvalue weighted by Crippen LogP contribution is -2.56. The summed E-state index contributed by atoms with van der Waals surface area (Å²) < 4.78 is 16.7. The van der Waals surface area contributed by atoms with Crippen molar-refractivity contribution in [2.75, 3.05) is 9.80 Å². The fraction of sp³-hybridized carbons (Fsp3) is 0.129. The average molecular weight is 878 g/mol. The Morgan fingerprint density at radius 1 is 0.456 bits per heavy atom. The van der Waals surface area contributed by atoms with E-state index in [-0.39, 0.29) is 17.7 Å². The van der Waals surface area contributed by atoms with E-state index in [1.54, 1.807) is 0 Å². The molecule has 14 rings (SSSR count). The topological polar surface area (TPSA) is 37.7 Å². The molecule has 0 saturated heterocycles.